The maximum Gasteiger partial charge on any atom is 0.224 e. The molecule has 1 N–H and O–H groups in total. The lowest BCUT2D eigenvalue weighted by Crippen LogP contribution is -2.42. The Labute approximate surface area is 202 Å². The average molecular weight is 489 g/mol. The van der Waals surface area contributed by atoms with Gasteiger partial charge in [-0.1, -0.05) is 11.6 Å². The summed E-state index contributed by atoms with van der Waals surface area (Å²) in [5.74, 6) is 1.25. The fraction of sp³-hybridized carbons (Fsp3) is 0.375. The molecular formula is C24H26ClFN4O4. The third-order valence-corrected chi connectivity index (χ3v) is 5.99. The van der Waals surface area contributed by atoms with E-state index in [0.717, 1.165) is 0 Å². The van der Waals surface area contributed by atoms with Gasteiger partial charge in [-0.2, -0.15) is 0 Å². The van der Waals surface area contributed by atoms with Gasteiger partial charge in [0.05, 0.1) is 36.1 Å². The van der Waals surface area contributed by atoms with Gasteiger partial charge in [0.25, 0.3) is 0 Å². The van der Waals surface area contributed by atoms with Crippen molar-refractivity contribution in [3.05, 3.63) is 47.5 Å². The lowest BCUT2D eigenvalue weighted by molar-refractivity contribution is -0.133. The van der Waals surface area contributed by atoms with Crippen molar-refractivity contribution in [1.29, 1.82) is 0 Å². The van der Waals surface area contributed by atoms with Gasteiger partial charge in [-0.25, -0.2) is 14.4 Å². The number of likely N-dealkylation sites (tertiary alicyclic amines) is 1. The summed E-state index contributed by atoms with van der Waals surface area (Å²) in [5, 5.41) is 3.86. The van der Waals surface area contributed by atoms with Crippen LogP contribution in [0.4, 0.5) is 15.9 Å². The van der Waals surface area contributed by atoms with E-state index >= 15 is 0 Å². The predicted octanol–water partition coefficient (Wildman–Crippen LogP) is 4.58. The average Bonchev–Trinajstić information content (AvgIpc) is 2.85. The Kier molecular flexibility index (Phi) is 7.64. The van der Waals surface area contributed by atoms with E-state index in [9.17, 15) is 9.18 Å². The summed E-state index contributed by atoms with van der Waals surface area (Å²) in [4.78, 5) is 22.9. The van der Waals surface area contributed by atoms with Crippen molar-refractivity contribution in [2.24, 2.45) is 0 Å². The zero-order valence-corrected chi connectivity index (χ0v) is 19.8. The van der Waals surface area contributed by atoms with Gasteiger partial charge < -0.3 is 24.4 Å². The first-order valence-electron chi connectivity index (χ1n) is 11.0. The number of carbonyl (C=O) groups excluding carboxylic acids is 1. The quantitative estimate of drug-likeness (QED) is 0.496. The Bertz CT molecular complexity index is 1170. The molecule has 1 aliphatic heterocycles. The normalized spacial score (nSPS) is 14.3. The Hall–Kier alpha value is -3.17. The molecule has 10 heteroatoms. The van der Waals surface area contributed by atoms with Gasteiger partial charge >= 0.3 is 0 Å². The second kappa shape index (κ2) is 10.8. The van der Waals surface area contributed by atoms with Crippen LogP contribution in [0.2, 0.25) is 5.02 Å². The van der Waals surface area contributed by atoms with Crippen LogP contribution >= 0.6 is 11.6 Å². The third kappa shape index (κ3) is 5.48. The molecule has 34 heavy (non-hydrogen) atoms. The molecule has 2 aromatic carbocycles. The lowest BCUT2D eigenvalue weighted by atomic mass is 10.1. The molecule has 0 spiro atoms. The number of hydrogen-bond acceptors (Lipinski definition) is 7. The van der Waals surface area contributed by atoms with Crippen molar-refractivity contribution in [1.82, 2.24) is 14.9 Å². The SMILES string of the molecule is COCCC(=O)N1CCC(Oc2cc(OC)cc3ncnc(Nc4ccc(F)c(Cl)c4)c23)CC1. The van der Waals surface area contributed by atoms with Crippen molar-refractivity contribution in [2.75, 3.05) is 39.2 Å². The van der Waals surface area contributed by atoms with Crippen molar-refractivity contribution >= 4 is 39.9 Å². The van der Waals surface area contributed by atoms with E-state index in [1.54, 1.807) is 32.4 Å². The van der Waals surface area contributed by atoms with Gasteiger partial charge in [-0.05, 0) is 18.2 Å². The smallest absolute Gasteiger partial charge is 0.224 e. The molecule has 0 radical (unpaired) electrons. The third-order valence-electron chi connectivity index (χ3n) is 5.70. The van der Waals surface area contributed by atoms with Crippen LogP contribution in [0.25, 0.3) is 10.9 Å². The molecule has 8 nitrogen and oxygen atoms in total. The Balaban J connectivity index is 1.58. The zero-order chi connectivity index (χ0) is 24.1. The standard InChI is InChI=1S/C24H26ClFN4O4/c1-32-10-7-22(31)30-8-5-16(6-9-30)34-21-13-17(33-2)12-20-23(21)24(28-14-27-20)29-15-3-4-19(26)18(25)11-15/h3-4,11-14,16H,5-10H2,1-2H3,(H,27,28,29). The highest BCUT2D eigenvalue weighted by molar-refractivity contribution is 6.31. The number of amides is 1. The maximum atomic E-state index is 13.6. The number of carbonyl (C=O) groups is 1. The van der Waals surface area contributed by atoms with Gasteiger partial charge in [0.1, 0.15) is 35.6 Å². The lowest BCUT2D eigenvalue weighted by Gasteiger charge is -2.32. The topological polar surface area (TPSA) is 85.8 Å². The molecule has 4 rings (SSSR count). The molecule has 1 aromatic heterocycles. The summed E-state index contributed by atoms with van der Waals surface area (Å²) in [5.41, 5.74) is 1.21. The summed E-state index contributed by atoms with van der Waals surface area (Å²) in [6.45, 7) is 1.65. The molecule has 1 fully saturated rings. The fourth-order valence-corrected chi connectivity index (χ4v) is 4.08. The van der Waals surface area contributed by atoms with Crippen LogP contribution < -0.4 is 14.8 Å². The number of nitrogens with zero attached hydrogens (tertiary/aromatic N) is 3. The summed E-state index contributed by atoms with van der Waals surface area (Å²) in [6, 6.07) is 7.95. The molecule has 0 bridgehead atoms. The van der Waals surface area contributed by atoms with E-state index in [2.05, 4.69) is 15.3 Å². The molecule has 180 valence electrons. The van der Waals surface area contributed by atoms with E-state index in [1.807, 2.05) is 4.90 Å². The van der Waals surface area contributed by atoms with Crippen LogP contribution in [-0.4, -0.2) is 60.8 Å². The fourth-order valence-electron chi connectivity index (χ4n) is 3.90. The predicted molar refractivity (Wildman–Crippen MR) is 128 cm³/mol. The van der Waals surface area contributed by atoms with E-state index in [-0.39, 0.29) is 17.0 Å². The minimum absolute atomic E-state index is 0.00769. The summed E-state index contributed by atoms with van der Waals surface area (Å²) >= 11 is 5.94. The van der Waals surface area contributed by atoms with Crippen LogP contribution in [0.3, 0.4) is 0 Å². The monoisotopic (exact) mass is 488 g/mol. The minimum Gasteiger partial charge on any atom is -0.497 e. The number of anilines is 2. The first-order valence-corrected chi connectivity index (χ1v) is 11.3. The minimum atomic E-state index is -0.499. The van der Waals surface area contributed by atoms with Crippen molar-refractivity contribution in [3.63, 3.8) is 0 Å². The second-order valence-corrected chi connectivity index (χ2v) is 8.34. The van der Waals surface area contributed by atoms with Crippen LogP contribution in [0.15, 0.2) is 36.7 Å². The summed E-state index contributed by atoms with van der Waals surface area (Å²) < 4.78 is 30.4. The molecule has 0 saturated carbocycles. The zero-order valence-electron chi connectivity index (χ0n) is 19.0. The number of nitrogens with one attached hydrogen (secondary N) is 1. The molecule has 0 aliphatic carbocycles. The first kappa shape index (κ1) is 24.0. The van der Waals surface area contributed by atoms with Crippen molar-refractivity contribution in [3.8, 4) is 11.5 Å². The van der Waals surface area contributed by atoms with E-state index in [0.29, 0.717) is 72.9 Å². The highest BCUT2D eigenvalue weighted by atomic mass is 35.5. The molecule has 0 unspecified atom stereocenters. The highest BCUT2D eigenvalue weighted by Gasteiger charge is 2.25. The van der Waals surface area contributed by atoms with Crippen molar-refractivity contribution < 1.29 is 23.4 Å². The highest BCUT2D eigenvalue weighted by Crippen LogP contribution is 2.37. The summed E-state index contributed by atoms with van der Waals surface area (Å²) in [6.07, 6.45) is 3.11. The number of ether oxygens (including phenoxy) is 3. The van der Waals surface area contributed by atoms with Gasteiger partial charge in [-0.15, -0.1) is 0 Å². The van der Waals surface area contributed by atoms with Crippen LogP contribution in [-0.2, 0) is 9.53 Å². The van der Waals surface area contributed by atoms with Crippen LogP contribution in [0.5, 0.6) is 11.5 Å². The van der Waals surface area contributed by atoms with Crippen molar-refractivity contribution in [2.45, 2.75) is 25.4 Å². The maximum absolute atomic E-state index is 13.6. The van der Waals surface area contributed by atoms with Gasteiger partial charge in [0.2, 0.25) is 5.91 Å². The molecule has 1 saturated heterocycles. The van der Waals surface area contributed by atoms with E-state index in [1.165, 1.54) is 18.5 Å². The Morgan fingerprint density at radius 2 is 2.00 bits per heavy atom. The molecule has 0 atom stereocenters. The number of hydrogen-bond donors (Lipinski definition) is 1. The number of piperidine rings is 1. The largest absolute Gasteiger partial charge is 0.497 e. The molecule has 1 aliphatic rings. The van der Waals surface area contributed by atoms with Crippen LogP contribution in [0.1, 0.15) is 19.3 Å². The van der Waals surface area contributed by atoms with Gasteiger partial charge in [0, 0.05) is 50.9 Å². The van der Waals surface area contributed by atoms with E-state index < -0.39 is 5.82 Å². The van der Waals surface area contributed by atoms with Gasteiger partial charge in [-0.3, -0.25) is 4.79 Å². The summed E-state index contributed by atoms with van der Waals surface area (Å²) in [7, 11) is 3.17. The number of aromatic nitrogens is 2. The molecule has 1 amide bonds. The number of rotatable bonds is 8. The number of benzene rings is 2. The van der Waals surface area contributed by atoms with Crippen LogP contribution in [0, 0.1) is 5.82 Å². The molecule has 3 aromatic rings. The van der Waals surface area contributed by atoms with Gasteiger partial charge in [0.15, 0.2) is 0 Å². The number of fused-ring (bicyclic) bond motifs is 1. The molecular weight excluding hydrogens is 463 g/mol. The second-order valence-electron chi connectivity index (χ2n) is 7.94. The number of halogens is 2. The van der Waals surface area contributed by atoms with E-state index in [4.69, 9.17) is 25.8 Å². The Morgan fingerprint density at radius 3 is 2.71 bits per heavy atom. The molecule has 2 heterocycles. The first-order chi connectivity index (χ1) is 16.5. The Morgan fingerprint density at radius 1 is 1.21 bits per heavy atom. The number of methoxy groups -OCH3 is 2.